The number of nitrogens with zero attached hydrogens (tertiary/aromatic N) is 2. The van der Waals surface area contributed by atoms with E-state index in [1.807, 2.05) is 68.6 Å². The zero-order valence-electron chi connectivity index (χ0n) is 19.9. The largest absolute Gasteiger partial charge is 0.392 e. The van der Waals surface area contributed by atoms with E-state index in [2.05, 4.69) is 9.62 Å². The molecule has 1 aliphatic rings. The molecule has 3 rings (SSSR count). The Balaban J connectivity index is 0.00000408. The molecule has 2 N–H and O–H groups in total. The fraction of sp³-hybridized carbons (Fsp3) is 0.480. The Morgan fingerprint density at radius 3 is 2.38 bits per heavy atom. The minimum Gasteiger partial charge on any atom is -0.392 e. The van der Waals surface area contributed by atoms with E-state index in [0.717, 1.165) is 29.7 Å². The van der Waals surface area contributed by atoms with Gasteiger partial charge in [0.1, 0.15) is 0 Å². The minimum absolute atomic E-state index is 0. The van der Waals surface area contributed by atoms with Gasteiger partial charge in [-0.25, -0.2) is 13.1 Å². The molecule has 1 fully saturated rings. The normalized spacial score (nSPS) is 17.2. The van der Waals surface area contributed by atoms with Gasteiger partial charge in [0.2, 0.25) is 15.9 Å². The van der Waals surface area contributed by atoms with Crippen LogP contribution in [-0.4, -0.2) is 67.8 Å². The number of rotatable bonds is 11. The molecular formula is C25H36ClN3O4S. The van der Waals surface area contributed by atoms with Crippen molar-refractivity contribution in [2.24, 2.45) is 0 Å². The lowest BCUT2D eigenvalue weighted by Gasteiger charge is -2.32. The van der Waals surface area contributed by atoms with Crippen LogP contribution >= 0.6 is 12.4 Å². The fourth-order valence-electron chi connectivity index (χ4n) is 4.13. The maximum atomic E-state index is 13.1. The predicted octanol–water partition coefficient (Wildman–Crippen LogP) is 2.75. The average Bonchev–Trinajstić information content (AvgIpc) is 3.22. The number of carbonyl (C=O) groups excluding carboxylic acids is 1. The maximum Gasteiger partial charge on any atom is 0.227 e. The Morgan fingerprint density at radius 1 is 1.15 bits per heavy atom. The van der Waals surface area contributed by atoms with E-state index in [9.17, 15) is 18.3 Å². The third-order valence-electron chi connectivity index (χ3n) is 6.07. The molecule has 1 amide bonds. The van der Waals surface area contributed by atoms with Crippen molar-refractivity contribution < 1.29 is 18.3 Å². The van der Waals surface area contributed by atoms with Crippen LogP contribution in [0.1, 0.15) is 42.5 Å². The molecule has 1 heterocycles. The van der Waals surface area contributed by atoms with E-state index < -0.39 is 10.0 Å². The van der Waals surface area contributed by atoms with Crippen molar-refractivity contribution in [2.45, 2.75) is 44.9 Å². The fourth-order valence-corrected chi connectivity index (χ4v) is 5.20. The highest BCUT2D eigenvalue weighted by Gasteiger charge is 2.28. The topological polar surface area (TPSA) is 90.0 Å². The molecule has 0 spiro atoms. The van der Waals surface area contributed by atoms with E-state index in [4.69, 9.17) is 0 Å². The molecule has 0 unspecified atom stereocenters. The summed E-state index contributed by atoms with van der Waals surface area (Å²) < 4.78 is 26.3. The number of hydrogen-bond donors (Lipinski definition) is 2. The summed E-state index contributed by atoms with van der Waals surface area (Å²) in [6.07, 6.45) is 1.31. The number of amides is 1. The Labute approximate surface area is 209 Å². The Hall–Kier alpha value is -1.97. The van der Waals surface area contributed by atoms with Crippen LogP contribution < -0.4 is 4.72 Å². The number of hydrogen-bond acceptors (Lipinski definition) is 5. The highest BCUT2D eigenvalue weighted by molar-refractivity contribution is 7.89. The zero-order chi connectivity index (χ0) is 23.8. The highest BCUT2D eigenvalue weighted by atomic mass is 35.5. The second-order valence-electron chi connectivity index (χ2n) is 8.77. The van der Waals surface area contributed by atoms with Gasteiger partial charge in [0, 0.05) is 33.2 Å². The number of β-amino-alcohol motifs (C(OH)–C–C–N with tert-alkyl or cyclic N) is 1. The summed E-state index contributed by atoms with van der Waals surface area (Å²) in [7, 11) is -1.41. The van der Waals surface area contributed by atoms with E-state index in [1.54, 1.807) is 4.90 Å². The molecule has 9 heteroatoms. The van der Waals surface area contributed by atoms with Crippen molar-refractivity contribution >= 4 is 28.3 Å². The summed E-state index contributed by atoms with van der Waals surface area (Å²) >= 11 is 0. The van der Waals surface area contributed by atoms with Crippen molar-refractivity contribution in [1.82, 2.24) is 14.5 Å². The SMILES string of the molecule is CCCS(=O)(=O)NCc1ccc(CC(=O)N(C)[C@H](CN2CC[C@H](O)C2)c2ccccc2)cc1.Cl. The van der Waals surface area contributed by atoms with Crippen molar-refractivity contribution in [2.75, 3.05) is 32.4 Å². The number of aliphatic hydroxyl groups is 1. The summed E-state index contributed by atoms with van der Waals surface area (Å²) in [5, 5.41) is 9.90. The predicted molar refractivity (Wildman–Crippen MR) is 137 cm³/mol. The van der Waals surface area contributed by atoms with Gasteiger partial charge in [-0.3, -0.25) is 9.69 Å². The molecule has 2 atom stereocenters. The number of aliphatic hydroxyl groups excluding tert-OH is 1. The van der Waals surface area contributed by atoms with Gasteiger partial charge in [-0.1, -0.05) is 61.5 Å². The van der Waals surface area contributed by atoms with Crippen LogP contribution in [0.4, 0.5) is 0 Å². The van der Waals surface area contributed by atoms with Crippen LogP contribution in [-0.2, 0) is 27.8 Å². The number of likely N-dealkylation sites (N-methyl/N-ethyl adjacent to an activating group) is 1. The van der Waals surface area contributed by atoms with Crippen molar-refractivity contribution in [3.63, 3.8) is 0 Å². The van der Waals surface area contributed by atoms with Crippen LogP contribution in [0.3, 0.4) is 0 Å². The highest BCUT2D eigenvalue weighted by Crippen LogP contribution is 2.24. The Morgan fingerprint density at radius 2 is 1.79 bits per heavy atom. The monoisotopic (exact) mass is 509 g/mol. The number of carbonyl (C=O) groups is 1. The van der Waals surface area contributed by atoms with Gasteiger partial charge in [-0.2, -0.15) is 0 Å². The zero-order valence-corrected chi connectivity index (χ0v) is 21.5. The summed E-state index contributed by atoms with van der Waals surface area (Å²) in [5.74, 6) is 0.130. The summed E-state index contributed by atoms with van der Waals surface area (Å²) in [5.41, 5.74) is 2.81. The molecule has 0 aliphatic carbocycles. The third kappa shape index (κ3) is 8.36. The molecule has 188 valence electrons. The molecule has 2 aromatic rings. The molecule has 0 bridgehead atoms. The second-order valence-corrected chi connectivity index (χ2v) is 10.7. The lowest BCUT2D eigenvalue weighted by Crippen LogP contribution is -2.39. The molecule has 7 nitrogen and oxygen atoms in total. The van der Waals surface area contributed by atoms with Crippen LogP contribution in [0.2, 0.25) is 0 Å². The number of halogens is 1. The Bertz CT molecular complexity index is 1000. The molecule has 34 heavy (non-hydrogen) atoms. The van der Waals surface area contributed by atoms with Gasteiger partial charge in [-0.05, 0) is 29.5 Å². The van der Waals surface area contributed by atoms with Crippen molar-refractivity contribution in [3.05, 3.63) is 71.3 Å². The van der Waals surface area contributed by atoms with E-state index >= 15 is 0 Å². The molecule has 0 aromatic heterocycles. The lowest BCUT2D eigenvalue weighted by molar-refractivity contribution is -0.131. The number of sulfonamides is 1. The summed E-state index contributed by atoms with van der Waals surface area (Å²) in [6.45, 7) is 4.22. The molecule has 0 saturated carbocycles. The molecular weight excluding hydrogens is 474 g/mol. The smallest absolute Gasteiger partial charge is 0.227 e. The molecule has 1 saturated heterocycles. The second kappa shape index (κ2) is 13.2. The van der Waals surface area contributed by atoms with E-state index in [-0.39, 0.29) is 49.2 Å². The van der Waals surface area contributed by atoms with Crippen molar-refractivity contribution in [3.8, 4) is 0 Å². The van der Waals surface area contributed by atoms with Gasteiger partial charge in [0.05, 0.1) is 24.3 Å². The maximum absolute atomic E-state index is 13.1. The number of benzene rings is 2. The quantitative estimate of drug-likeness (QED) is 0.486. The lowest BCUT2D eigenvalue weighted by atomic mass is 10.0. The molecule has 0 radical (unpaired) electrons. The number of nitrogens with one attached hydrogen (secondary N) is 1. The first-order valence-corrected chi connectivity index (χ1v) is 13.2. The first-order valence-electron chi connectivity index (χ1n) is 11.5. The first-order chi connectivity index (χ1) is 15.8. The Kier molecular flexibility index (Phi) is 11.0. The number of likely N-dealkylation sites (tertiary alicyclic amines) is 1. The minimum atomic E-state index is -3.25. The average molecular weight is 510 g/mol. The van der Waals surface area contributed by atoms with Crippen LogP contribution in [0.25, 0.3) is 0 Å². The summed E-state index contributed by atoms with van der Waals surface area (Å²) in [4.78, 5) is 17.2. The van der Waals surface area contributed by atoms with Gasteiger partial charge in [0.25, 0.3) is 0 Å². The van der Waals surface area contributed by atoms with E-state index in [0.29, 0.717) is 19.5 Å². The van der Waals surface area contributed by atoms with Crippen LogP contribution in [0.15, 0.2) is 54.6 Å². The van der Waals surface area contributed by atoms with Crippen molar-refractivity contribution in [1.29, 1.82) is 0 Å². The van der Waals surface area contributed by atoms with Gasteiger partial charge >= 0.3 is 0 Å². The van der Waals surface area contributed by atoms with Gasteiger partial charge in [-0.15, -0.1) is 12.4 Å². The first kappa shape index (κ1) is 28.3. The van der Waals surface area contributed by atoms with Gasteiger partial charge in [0.15, 0.2) is 0 Å². The standard InChI is InChI=1S/C25H35N3O4S.ClH/c1-3-15-33(31,32)26-17-21-11-9-20(10-12-21)16-25(30)27(2)24(22-7-5-4-6-8-22)19-28-14-13-23(29)18-28;/h4-12,23-24,26,29H,3,13-19H2,1-2H3;1H/t23-,24+;/m0./s1. The summed E-state index contributed by atoms with van der Waals surface area (Å²) in [6, 6.07) is 17.4. The molecule has 1 aliphatic heterocycles. The third-order valence-corrected chi connectivity index (χ3v) is 7.60. The van der Waals surface area contributed by atoms with E-state index in [1.165, 1.54) is 0 Å². The van der Waals surface area contributed by atoms with Crippen LogP contribution in [0, 0.1) is 0 Å². The molecule has 2 aromatic carbocycles. The van der Waals surface area contributed by atoms with Gasteiger partial charge < -0.3 is 10.0 Å². The van der Waals surface area contributed by atoms with Crippen LogP contribution in [0.5, 0.6) is 0 Å².